The predicted octanol–water partition coefficient (Wildman–Crippen LogP) is 2.22. The summed E-state index contributed by atoms with van der Waals surface area (Å²) in [4.78, 5) is 22.4. The van der Waals surface area contributed by atoms with Crippen LogP contribution in [0, 0.1) is 5.82 Å². The number of aromatic nitrogens is 2. The quantitative estimate of drug-likeness (QED) is 0.758. The van der Waals surface area contributed by atoms with E-state index in [1.54, 1.807) is 12.1 Å². The lowest BCUT2D eigenvalue weighted by Gasteiger charge is -2.24. The third-order valence-corrected chi connectivity index (χ3v) is 4.26. The molecule has 0 unspecified atom stereocenters. The Bertz CT molecular complexity index is 957. The number of sulfonamides is 1. The Kier molecular flexibility index (Phi) is 6.27. The van der Waals surface area contributed by atoms with Gasteiger partial charge in [-0.15, -0.1) is 0 Å². The van der Waals surface area contributed by atoms with Crippen LogP contribution in [0.25, 0.3) is 17.3 Å². The van der Waals surface area contributed by atoms with Gasteiger partial charge in [-0.3, -0.25) is 9.78 Å². The number of carbonyl (C=O) groups is 1. The van der Waals surface area contributed by atoms with Gasteiger partial charge in [-0.25, -0.2) is 22.5 Å². The summed E-state index contributed by atoms with van der Waals surface area (Å²) >= 11 is 0. The van der Waals surface area contributed by atoms with Crippen molar-refractivity contribution < 1.29 is 17.6 Å². The molecule has 144 valence electrons. The summed E-state index contributed by atoms with van der Waals surface area (Å²) in [5.41, 5.74) is 1.66. The van der Waals surface area contributed by atoms with E-state index < -0.39 is 15.9 Å². The Hall–Kier alpha value is -2.81. The van der Waals surface area contributed by atoms with Gasteiger partial charge in [0.1, 0.15) is 11.5 Å². The maximum absolute atomic E-state index is 13.2. The Balaban J connectivity index is 2.41. The van der Waals surface area contributed by atoms with E-state index in [2.05, 4.69) is 9.97 Å². The molecule has 1 aromatic heterocycles. The van der Waals surface area contributed by atoms with Crippen LogP contribution in [0.4, 0.5) is 10.2 Å². The van der Waals surface area contributed by atoms with Crippen molar-refractivity contribution in [2.75, 3.05) is 18.2 Å². The van der Waals surface area contributed by atoms with Crippen molar-refractivity contribution in [3.63, 3.8) is 0 Å². The van der Waals surface area contributed by atoms with Gasteiger partial charge in [0, 0.05) is 24.7 Å². The maximum Gasteiger partial charge on any atom is 0.257 e. The third kappa shape index (κ3) is 5.85. The van der Waals surface area contributed by atoms with Gasteiger partial charge in [-0.1, -0.05) is 0 Å². The Labute approximate surface area is 158 Å². The molecule has 0 aliphatic heterocycles. The van der Waals surface area contributed by atoms with E-state index in [1.165, 1.54) is 24.4 Å². The van der Waals surface area contributed by atoms with Gasteiger partial charge in [0.15, 0.2) is 5.82 Å². The Morgan fingerprint density at radius 1 is 1.26 bits per heavy atom. The number of hydrogen-bond donors (Lipinski definition) is 1. The maximum atomic E-state index is 13.2. The number of halogens is 1. The van der Waals surface area contributed by atoms with Crippen molar-refractivity contribution in [1.82, 2.24) is 14.7 Å². The molecule has 1 heterocycles. The van der Waals surface area contributed by atoms with Crippen molar-refractivity contribution in [1.29, 1.82) is 0 Å². The first-order valence-corrected chi connectivity index (χ1v) is 10.0. The molecule has 0 fully saturated rings. The van der Waals surface area contributed by atoms with Gasteiger partial charge >= 0.3 is 0 Å². The Morgan fingerprint density at radius 2 is 1.89 bits per heavy atom. The smallest absolute Gasteiger partial charge is 0.257 e. The first-order chi connectivity index (χ1) is 12.6. The lowest BCUT2D eigenvalue weighted by Crippen LogP contribution is -2.28. The highest BCUT2D eigenvalue weighted by molar-refractivity contribution is 7.89. The molecule has 0 saturated carbocycles. The number of rotatable bonds is 6. The van der Waals surface area contributed by atoms with Crippen molar-refractivity contribution in [3.05, 3.63) is 48.0 Å². The Morgan fingerprint density at radius 3 is 2.44 bits per heavy atom. The third-order valence-electron chi connectivity index (χ3n) is 3.69. The van der Waals surface area contributed by atoms with Gasteiger partial charge in [0.2, 0.25) is 10.0 Å². The number of nitrogens with one attached hydrogen (secondary N) is 1. The van der Waals surface area contributed by atoms with E-state index in [4.69, 9.17) is 0 Å². The van der Waals surface area contributed by atoms with E-state index in [1.807, 2.05) is 30.5 Å². The van der Waals surface area contributed by atoms with Crippen LogP contribution in [0.2, 0.25) is 0 Å². The second-order valence-corrected chi connectivity index (χ2v) is 8.00. The van der Waals surface area contributed by atoms with E-state index in [-0.39, 0.29) is 11.9 Å². The topological polar surface area (TPSA) is 92.3 Å². The fourth-order valence-electron chi connectivity index (χ4n) is 2.15. The molecule has 9 heteroatoms. The molecule has 0 saturated heterocycles. The van der Waals surface area contributed by atoms with E-state index in [0.29, 0.717) is 22.8 Å². The number of hydrogen-bond acceptors (Lipinski definition) is 6. The van der Waals surface area contributed by atoms with Crippen LogP contribution in [0.3, 0.4) is 0 Å². The van der Waals surface area contributed by atoms with Gasteiger partial charge < -0.3 is 4.90 Å². The summed E-state index contributed by atoms with van der Waals surface area (Å²) in [5.74, 6) is -0.565. The number of carbonyl (C=O) groups excluding carboxylic acids is 1. The number of nitrogens with zero attached hydrogens (tertiary/aromatic N) is 3. The summed E-state index contributed by atoms with van der Waals surface area (Å²) < 4.78 is 37.2. The molecule has 0 aliphatic carbocycles. The summed E-state index contributed by atoms with van der Waals surface area (Å²) in [5, 5.41) is 0. The van der Waals surface area contributed by atoms with Crippen molar-refractivity contribution in [2.24, 2.45) is 0 Å². The molecule has 0 spiro atoms. The standard InChI is InChI=1S/C18H21FN4O3S/c1-12(2)23(3)18-17(13-5-7-14(19)8-6-13)20-11-15(21-18)9-10-16(24)22-27(4,25)26/h5-12H,1-4H3,(H,22,24). The lowest BCUT2D eigenvalue weighted by atomic mass is 10.1. The van der Waals surface area contributed by atoms with E-state index >= 15 is 0 Å². The summed E-state index contributed by atoms with van der Waals surface area (Å²) in [6, 6.07) is 6.04. The van der Waals surface area contributed by atoms with Crippen molar-refractivity contribution in [2.45, 2.75) is 19.9 Å². The van der Waals surface area contributed by atoms with Gasteiger partial charge in [-0.2, -0.15) is 0 Å². The zero-order chi connectivity index (χ0) is 20.2. The van der Waals surface area contributed by atoms with Crippen LogP contribution < -0.4 is 9.62 Å². The molecule has 1 N–H and O–H groups in total. The second-order valence-electron chi connectivity index (χ2n) is 6.25. The van der Waals surface area contributed by atoms with Crippen molar-refractivity contribution in [3.8, 4) is 11.3 Å². The minimum absolute atomic E-state index is 0.117. The molecule has 0 radical (unpaired) electrons. The summed E-state index contributed by atoms with van der Waals surface area (Å²) in [6.07, 6.45) is 4.80. The summed E-state index contributed by atoms with van der Waals surface area (Å²) in [6.45, 7) is 3.97. The first-order valence-electron chi connectivity index (χ1n) is 8.12. The molecule has 7 nitrogen and oxygen atoms in total. The highest BCUT2D eigenvalue weighted by Gasteiger charge is 2.16. The lowest BCUT2D eigenvalue weighted by molar-refractivity contribution is -0.114. The molecule has 1 aromatic carbocycles. The van der Waals surface area contributed by atoms with Crippen LogP contribution in [0.15, 0.2) is 36.5 Å². The van der Waals surface area contributed by atoms with Crippen LogP contribution in [0.5, 0.6) is 0 Å². The highest BCUT2D eigenvalue weighted by Crippen LogP contribution is 2.28. The van der Waals surface area contributed by atoms with Gasteiger partial charge in [0.25, 0.3) is 5.91 Å². The van der Waals surface area contributed by atoms with Crippen LogP contribution in [0.1, 0.15) is 19.5 Å². The molecule has 1 amide bonds. The molecule has 0 atom stereocenters. The van der Waals surface area contributed by atoms with Crippen LogP contribution in [-0.4, -0.2) is 43.6 Å². The number of amides is 1. The van der Waals surface area contributed by atoms with Gasteiger partial charge in [-0.05, 0) is 44.2 Å². The highest BCUT2D eigenvalue weighted by atomic mass is 32.2. The average molecular weight is 392 g/mol. The SMILES string of the molecule is CC(C)N(C)c1nc(C=CC(=O)NS(C)(=O)=O)cnc1-c1ccc(F)cc1. The van der Waals surface area contributed by atoms with Crippen molar-refractivity contribution >= 4 is 27.8 Å². The van der Waals surface area contributed by atoms with Gasteiger partial charge in [0.05, 0.1) is 18.1 Å². The second kappa shape index (κ2) is 8.26. The van der Waals surface area contributed by atoms with Crippen LogP contribution >= 0.6 is 0 Å². The fraction of sp³-hybridized carbons (Fsp3) is 0.278. The minimum atomic E-state index is -3.63. The average Bonchev–Trinajstić information content (AvgIpc) is 2.58. The molecular formula is C18H21FN4O3S. The van der Waals surface area contributed by atoms with Crippen LogP contribution in [-0.2, 0) is 14.8 Å². The molecule has 0 bridgehead atoms. The number of benzene rings is 1. The monoisotopic (exact) mass is 392 g/mol. The molecule has 27 heavy (non-hydrogen) atoms. The zero-order valence-corrected chi connectivity index (χ0v) is 16.3. The largest absolute Gasteiger partial charge is 0.355 e. The van der Waals surface area contributed by atoms with E-state index in [0.717, 1.165) is 12.3 Å². The summed E-state index contributed by atoms with van der Waals surface area (Å²) in [7, 11) is -1.78. The molecular weight excluding hydrogens is 371 g/mol. The number of anilines is 1. The molecule has 0 aliphatic rings. The predicted molar refractivity (Wildman–Crippen MR) is 103 cm³/mol. The normalized spacial score (nSPS) is 11.8. The minimum Gasteiger partial charge on any atom is -0.355 e. The zero-order valence-electron chi connectivity index (χ0n) is 15.5. The first kappa shape index (κ1) is 20.5. The molecule has 2 aromatic rings. The fourth-order valence-corrected chi connectivity index (χ4v) is 2.59. The molecule has 2 rings (SSSR count). The van der Waals surface area contributed by atoms with E-state index in [9.17, 15) is 17.6 Å².